The van der Waals surface area contributed by atoms with Crippen LogP contribution in [0.1, 0.15) is 23.7 Å². The zero-order valence-corrected chi connectivity index (χ0v) is 8.54. The van der Waals surface area contributed by atoms with E-state index in [0.717, 1.165) is 6.07 Å². The van der Waals surface area contributed by atoms with Crippen LogP contribution in [0.25, 0.3) is 0 Å². The fourth-order valence-electron chi connectivity index (χ4n) is 0.947. The molecule has 0 heterocycles. The summed E-state index contributed by atoms with van der Waals surface area (Å²) in [7, 11) is 0. The van der Waals surface area contributed by atoms with Gasteiger partial charge in [0.15, 0.2) is 0 Å². The third-order valence-corrected chi connectivity index (χ3v) is 1.79. The zero-order valence-electron chi connectivity index (χ0n) is 8.54. The van der Waals surface area contributed by atoms with Gasteiger partial charge in [-0.15, -0.1) is 10.2 Å². The van der Waals surface area contributed by atoms with Crippen molar-refractivity contribution in [3.05, 3.63) is 23.8 Å². The standard InChI is InChI=1S/C10H10N2O4/c1-2-9(14)12-11-6-3-4-7(10(15)16)8(13)5-6/h3-5,13H,2H2,1H3,(H,15,16). The van der Waals surface area contributed by atoms with E-state index in [9.17, 15) is 14.7 Å². The SMILES string of the molecule is CCC(=O)N=Nc1ccc(C(=O)O)c(O)c1. The fourth-order valence-corrected chi connectivity index (χ4v) is 0.947. The summed E-state index contributed by atoms with van der Waals surface area (Å²) in [4.78, 5) is 21.4. The lowest BCUT2D eigenvalue weighted by molar-refractivity contribution is -0.117. The van der Waals surface area contributed by atoms with E-state index < -0.39 is 11.7 Å². The molecule has 0 aliphatic rings. The van der Waals surface area contributed by atoms with Crippen molar-refractivity contribution in [3.8, 4) is 5.75 Å². The van der Waals surface area contributed by atoms with Crippen LogP contribution in [-0.4, -0.2) is 22.1 Å². The molecule has 0 fully saturated rings. The highest BCUT2D eigenvalue weighted by Gasteiger charge is 2.09. The van der Waals surface area contributed by atoms with Crippen LogP contribution in [0.5, 0.6) is 5.75 Å². The Morgan fingerprint density at radius 3 is 2.56 bits per heavy atom. The normalized spacial score (nSPS) is 10.6. The summed E-state index contributed by atoms with van der Waals surface area (Å²) in [6.07, 6.45) is 0.239. The Bertz CT molecular complexity index is 454. The van der Waals surface area contributed by atoms with Gasteiger partial charge in [0.05, 0.1) is 5.69 Å². The number of hydrogen-bond donors (Lipinski definition) is 2. The molecule has 1 amide bonds. The first-order valence-corrected chi connectivity index (χ1v) is 4.55. The van der Waals surface area contributed by atoms with Crippen LogP contribution in [0.2, 0.25) is 0 Å². The van der Waals surface area contributed by atoms with Gasteiger partial charge in [0.1, 0.15) is 11.3 Å². The molecule has 0 radical (unpaired) electrons. The Kier molecular flexibility index (Phi) is 3.71. The lowest BCUT2D eigenvalue weighted by atomic mass is 10.2. The van der Waals surface area contributed by atoms with Crippen molar-refractivity contribution in [2.24, 2.45) is 10.2 Å². The van der Waals surface area contributed by atoms with Gasteiger partial charge in [0.25, 0.3) is 5.91 Å². The van der Waals surface area contributed by atoms with E-state index >= 15 is 0 Å². The molecule has 0 spiro atoms. The number of carbonyl (C=O) groups is 2. The summed E-state index contributed by atoms with van der Waals surface area (Å²) in [5, 5.41) is 24.9. The minimum atomic E-state index is -1.23. The van der Waals surface area contributed by atoms with Crippen LogP contribution in [0.4, 0.5) is 5.69 Å². The van der Waals surface area contributed by atoms with Gasteiger partial charge in [-0.05, 0) is 12.1 Å². The van der Waals surface area contributed by atoms with E-state index in [2.05, 4.69) is 10.2 Å². The molecule has 1 aromatic rings. The maximum Gasteiger partial charge on any atom is 0.339 e. The Labute approximate surface area is 91.2 Å². The Balaban J connectivity index is 2.94. The highest BCUT2D eigenvalue weighted by molar-refractivity contribution is 5.91. The molecule has 0 aliphatic carbocycles. The second kappa shape index (κ2) is 5.01. The van der Waals surface area contributed by atoms with Gasteiger partial charge in [-0.2, -0.15) is 0 Å². The summed E-state index contributed by atoms with van der Waals surface area (Å²) in [5.74, 6) is -2.03. The molecule has 2 N–H and O–H groups in total. The molecule has 0 atom stereocenters. The van der Waals surface area contributed by atoms with E-state index in [1.165, 1.54) is 12.1 Å². The second-order valence-electron chi connectivity index (χ2n) is 2.95. The molecule has 16 heavy (non-hydrogen) atoms. The highest BCUT2D eigenvalue weighted by Crippen LogP contribution is 2.24. The van der Waals surface area contributed by atoms with Crippen LogP contribution >= 0.6 is 0 Å². The monoisotopic (exact) mass is 222 g/mol. The zero-order chi connectivity index (χ0) is 12.1. The number of carboxylic acids is 1. The molecule has 1 rings (SSSR count). The molecule has 84 valence electrons. The van der Waals surface area contributed by atoms with Crippen molar-refractivity contribution in [2.75, 3.05) is 0 Å². The molecule has 0 aromatic heterocycles. The molecule has 6 heteroatoms. The lowest BCUT2D eigenvalue weighted by Crippen LogP contribution is -1.95. The lowest BCUT2D eigenvalue weighted by Gasteiger charge is -1.99. The number of aromatic carboxylic acids is 1. The molecular weight excluding hydrogens is 212 g/mol. The van der Waals surface area contributed by atoms with Gasteiger partial charge in [0.2, 0.25) is 0 Å². The minimum Gasteiger partial charge on any atom is -0.507 e. The molecule has 0 unspecified atom stereocenters. The van der Waals surface area contributed by atoms with Gasteiger partial charge in [-0.25, -0.2) is 4.79 Å². The second-order valence-corrected chi connectivity index (χ2v) is 2.95. The maximum atomic E-state index is 10.8. The highest BCUT2D eigenvalue weighted by atomic mass is 16.4. The summed E-state index contributed by atoms with van der Waals surface area (Å²) >= 11 is 0. The Morgan fingerprint density at radius 2 is 2.06 bits per heavy atom. The number of amides is 1. The Morgan fingerprint density at radius 1 is 1.38 bits per heavy atom. The number of hydrogen-bond acceptors (Lipinski definition) is 4. The van der Waals surface area contributed by atoms with Crippen molar-refractivity contribution in [1.29, 1.82) is 0 Å². The number of carboxylic acid groups (broad SMARTS) is 1. The molecule has 0 saturated heterocycles. The molecule has 6 nitrogen and oxygen atoms in total. The van der Waals surface area contributed by atoms with Crippen LogP contribution in [-0.2, 0) is 4.79 Å². The first kappa shape index (κ1) is 11.8. The summed E-state index contributed by atoms with van der Waals surface area (Å²) < 4.78 is 0. The number of nitrogens with zero attached hydrogens (tertiary/aromatic N) is 2. The van der Waals surface area contributed by atoms with Crippen LogP contribution in [0.3, 0.4) is 0 Å². The van der Waals surface area contributed by atoms with Crippen LogP contribution in [0.15, 0.2) is 28.4 Å². The van der Waals surface area contributed by atoms with Crippen molar-refractivity contribution in [1.82, 2.24) is 0 Å². The fraction of sp³-hybridized carbons (Fsp3) is 0.200. The number of phenols is 1. The van der Waals surface area contributed by atoms with Crippen LogP contribution in [0, 0.1) is 0 Å². The predicted octanol–water partition coefficient (Wildman–Crippen LogP) is 2.11. The molecule has 0 saturated carbocycles. The number of azo groups is 1. The maximum absolute atomic E-state index is 10.8. The number of carbonyl (C=O) groups excluding carboxylic acids is 1. The summed E-state index contributed by atoms with van der Waals surface area (Å²) in [5.41, 5.74) is 0.00469. The van der Waals surface area contributed by atoms with Crippen LogP contribution < -0.4 is 0 Å². The first-order chi connectivity index (χ1) is 7.54. The van der Waals surface area contributed by atoms with Gasteiger partial charge < -0.3 is 10.2 Å². The quantitative estimate of drug-likeness (QED) is 0.765. The molecule has 1 aromatic carbocycles. The average molecular weight is 222 g/mol. The topological polar surface area (TPSA) is 99.3 Å². The molecule has 0 aliphatic heterocycles. The average Bonchev–Trinajstić information content (AvgIpc) is 2.25. The smallest absolute Gasteiger partial charge is 0.339 e. The van der Waals surface area contributed by atoms with Crippen molar-refractivity contribution >= 4 is 17.6 Å². The molecular formula is C10H10N2O4. The van der Waals surface area contributed by atoms with E-state index in [-0.39, 0.29) is 23.6 Å². The summed E-state index contributed by atoms with van der Waals surface area (Å²) in [6, 6.07) is 3.69. The van der Waals surface area contributed by atoms with E-state index in [1.54, 1.807) is 6.92 Å². The first-order valence-electron chi connectivity index (χ1n) is 4.55. The van der Waals surface area contributed by atoms with Gasteiger partial charge in [-0.1, -0.05) is 6.92 Å². The Hall–Kier alpha value is -2.24. The largest absolute Gasteiger partial charge is 0.507 e. The van der Waals surface area contributed by atoms with Gasteiger partial charge in [0, 0.05) is 12.5 Å². The van der Waals surface area contributed by atoms with Gasteiger partial charge >= 0.3 is 5.97 Å². The van der Waals surface area contributed by atoms with Gasteiger partial charge in [-0.3, -0.25) is 4.79 Å². The molecule has 0 bridgehead atoms. The summed E-state index contributed by atoms with van der Waals surface area (Å²) in [6.45, 7) is 1.65. The van der Waals surface area contributed by atoms with E-state index in [4.69, 9.17) is 5.11 Å². The minimum absolute atomic E-state index is 0.222. The van der Waals surface area contributed by atoms with Crippen molar-refractivity contribution < 1.29 is 19.8 Å². The number of rotatable bonds is 3. The third kappa shape index (κ3) is 2.88. The number of aromatic hydroxyl groups is 1. The van der Waals surface area contributed by atoms with E-state index in [1.807, 2.05) is 0 Å². The predicted molar refractivity (Wildman–Crippen MR) is 54.9 cm³/mol. The van der Waals surface area contributed by atoms with Crippen molar-refractivity contribution in [2.45, 2.75) is 13.3 Å². The number of benzene rings is 1. The third-order valence-electron chi connectivity index (χ3n) is 1.79. The van der Waals surface area contributed by atoms with Crippen molar-refractivity contribution in [3.63, 3.8) is 0 Å². The van der Waals surface area contributed by atoms with E-state index in [0.29, 0.717) is 0 Å².